The minimum Gasteiger partial charge on any atom is -0.395 e. The Morgan fingerprint density at radius 3 is 2.56 bits per heavy atom. The van der Waals surface area contributed by atoms with Crippen molar-refractivity contribution in [1.82, 2.24) is 4.90 Å². The first-order valence-corrected chi connectivity index (χ1v) is 6.83. The quantitative estimate of drug-likeness (QED) is 0.764. The highest BCUT2D eigenvalue weighted by atomic mass is 16.3. The van der Waals surface area contributed by atoms with Gasteiger partial charge in [-0.2, -0.15) is 0 Å². The van der Waals surface area contributed by atoms with Crippen molar-refractivity contribution in [1.29, 1.82) is 0 Å². The van der Waals surface area contributed by atoms with Crippen LogP contribution in [-0.2, 0) is 6.42 Å². The maximum Gasteiger partial charge on any atom is 0.0601 e. The smallest absolute Gasteiger partial charge is 0.0601 e. The SMILES string of the molecule is CN(CCc1ccccc1)C(CO)C(N)C1CC1. The Morgan fingerprint density at radius 2 is 2.00 bits per heavy atom. The van der Waals surface area contributed by atoms with Gasteiger partial charge in [0.1, 0.15) is 0 Å². The Balaban J connectivity index is 1.83. The van der Waals surface area contributed by atoms with E-state index < -0.39 is 0 Å². The molecule has 1 aliphatic carbocycles. The summed E-state index contributed by atoms with van der Waals surface area (Å²) in [6.07, 6.45) is 3.46. The fourth-order valence-electron chi connectivity index (χ4n) is 2.47. The molecule has 0 heterocycles. The van der Waals surface area contributed by atoms with Crippen LogP contribution in [0.4, 0.5) is 0 Å². The van der Waals surface area contributed by atoms with Crippen LogP contribution in [0.25, 0.3) is 0 Å². The molecule has 0 amide bonds. The fraction of sp³-hybridized carbons (Fsp3) is 0.600. The highest BCUT2D eigenvalue weighted by Gasteiger charge is 2.35. The van der Waals surface area contributed by atoms with Crippen LogP contribution in [0.3, 0.4) is 0 Å². The van der Waals surface area contributed by atoms with Gasteiger partial charge in [0, 0.05) is 18.6 Å². The summed E-state index contributed by atoms with van der Waals surface area (Å²) in [5.41, 5.74) is 7.54. The second-order valence-corrected chi connectivity index (χ2v) is 5.38. The summed E-state index contributed by atoms with van der Waals surface area (Å²) in [6.45, 7) is 1.10. The largest absolute Gasteiger partial charge is 0.395 e. The molecule has 1 aromatic carbocycles. The van der Waals surface area contributed by atoms with E-state index in [1.165, 1.54) is 18.4 Å². The van der Waals surface area contributed by atoms with Crippen LogP contribution in [0, 0.1) is 5.92 Å². The number of rotatable bonds is 7. The monoisotopic (exact) mass is 248 g/mol. The van der Waals surface area contributed by atoms with E-state index in [0.717, 1.165) is 13.0 Å². The van der Waals surface area contributed by atoms with Gasteiger partial charge < -0.3 is 10.8 Å². The van der Waals surface area contributed by atoms with Gasteiger partial charge in [0.25, 0.3) is 0 Å². The molecule has 100 valence electrons. The summed E-state index contributed by atoms with van der Waals surface area (Å²) in [5, 5.41) is 9.52. The molecule has 2 unspecified atom stereocenters. The molecule has 1 aromatic rings. The van der Waals surface area contributed by atoms with Gasteiger partial charge >= 0.3 is 0 Å². The molecule has 1 saturated carbocycles. The average molecular weight is 248 g/mol. The topological polar surface area (TPSA) is 49.5 Å². The first-order valence-electron chi connectivity index (χ1n) is 6.83. The predicted octanol–water partition coefficient (Wildman–Crippen LogP) is 1.26. The van der Waals surface area contributed by atoms with Crippen LogP contribution in [-0.4, -0.2) is 42.3 Å². The summed E-state index contributed by atoms with van der Waals surface area (Å²) in [7, 11) is 2.06. The molecule has 0 bridgehead atoms. The van der Waals surface area contributed by atoms with E-state index >= 15 is 0 Å². The number of aliphatic hydroxyl groups is 1. The molecule has 1 fully saturated rings. The second-order valence-electron chi connectivity index (χ2n) is 5.38. The van der Waals surface area contributed by atoms with Gasteiger partial charge in [0.15, 0.2) is 0 Å². The lowest BCUT2D eigenvalue weighted by atomic mass is 10.0. The zero-order valence-corrected chi connectivity index (χ0v) is 11.1. The zero-order valence-electron chi connectivity index (χ0n) is 11.1. The maximum atomic E-state index is 9.52. The van der Waals surface area contributed by atoms with Crippen LogP contribution in [0.2, 0.25) is 0 Å². The van der Waals surface area contributed by atoms with Crippen LogP contribution in [0.5, 0.6) is 0 Å². The van der Waals surface area contributed by atoms with E-state index in [9.17, 15) is 5.11 Å². The maximum absolute atomic E-state index is 9.52. The normalized spacial score (nSPS) is 18.9. The van der Waals surface area contributed by atoms with E-state index in [2.05, 4.69) is 36.2 Å². The minimum absolute atomic E-state index is 0.0983. The Morgan fingerprint density at radius 1 is 1.33 bits per heavy atom. The van der Waals surface area contributed by atoms with Crippen LogP contribution < -0.4 is 5.73 Å². The Hall–Kier alpha value is -0.900. The van der Waals surface area contributed by atoms with Crippen molar-refractivity contribution >= 4 is 0 Å². The van der Waals surface area contributed by atoms with Crippen molar-refractivity contribution in [3.63, 3.8) is 0 Å². The third kappa shape index (κ3) is 3.55. The van der Waals surface area contributed by atoms with Gasteiger partial charge in [-0.25, -0.2) is 0 Å². The van der Waals surface area contributed by atoms with Crippen molar-refractivity contribution in [2.45, 2.75) is 31.3 Å². The van der Waals surface area contributed by atoms with Gasteiger partial charge in [0.05, 0.1) is 6.61 Å². The number of hydrogen-bond donors (Lipinski definition) is 2. The lowest BCUT2D eigenvalue weighted by Crippen LogP contribution is -2.50. The van der Waals surface area contributed by atoms with Crippen LogP contribution in [0.1, 0.15) is 18.4 Å². The standard InChI is InChI=1S/C15H24N2O/c1-17(10-9-12-5-3-2-4-6-12)14(11-18)15(16)13-7-8-13/h2-6,13-15,18H,7-11,16H2,1H3. The van der Waals surface area contributed by atoms with Crippen molar-refractivity contribution in [2.75, 3.05) is 20.2 Å². The molecule has 2 atom stereocenters. The number of hydrogen-bond acceptors (Lipinski definition) is 3. The molecule has 0 aliphatic heterocycles. The molecule has 3 N–H and O–H groups in total. The Kier molecular flexibility index (Phi) is 4.75. The van der Waals surface area contributed by atoms with E-state index in [1.807, 2.05) is 6.07 Å². The minimum atomic E-state index is 0.0983. The van der Waals surface area contributed by atoms with Gasteiger partial charge in [-0.05, 0) is 37.8 Å². The molecule has 1 aliphatic rings. The molecular formula is C15H24N2O. The number of nitrogens with two attached hydrogens (primary N) is 1. The lowest BCUT2D eigenvalue weighted by molar-refractivity contribution is 0.121. The molecule has 0 radical (unpaired) electrons. The molecule has 0 aromatic heterocycles. The summed E-state index contributed by atoms with van der Waals surface area (Å²) in [6, 6.07) is 10.7. The highest BCUT2D eigenvalue weighted by molar-refractivity contribution is 5.14. The molecule has 0 spiro atoms. The van der Waals surface area contributed by atoms with Gasteiger partial charge in [-0.3, -0.25) is 4.90 Å². The molecule has 3 heteroatoms. The molecule has 0 saturated heterocycles. The highest BCUT2D eigenvalue weighted by Crippen LogP contribution is 2.33. The molecule has 2 rings (SSSR count). The Bertz CT molecular complexity index is 351. The second kappa shape index (κ2) is 6.32. The summed E-state index contributed by atoms with van der Waals surface area (Å²) >= 11 is 0. The molecule has 18 heavy (non-hydrogen) atoms. The zero-order chi connectivity index (χ0) is 13.0. The number of aliphatic hydroxyl groups excluding tert-OH is 1. The van der Waals surface area contributed by atoms with E-state index in [1.54, 1.807) is 0 Å². The van der Waals surface area contributed by atoms with Gasteiger partial charge in [-0.1, -0.05) is 30.3 Å². The van der Waals surface area contributed by atoms with Gasteiger partial charge in [-0.15, -0.1) is 0 Å². The van der Waals surface area contributed by atoms with Crippen molar-refractivity contribution in [3.05, 3.63) is 35.9 Å². The van der Waals surface area contributed by atoms with Crippen molar-refractivity contribution in [2.24, 2.45) is 11.7 Å². The third-order valence-corrected chi connectivity index (χ3v) is 3.96. The van der Waals surface area contributed by atoms with Crippen LogP contribution in [0.15, 0.2) is 30.3 Å². The Labute approximate surface area is 110 Å². The third-order valence-electron chi connectivity index (χ3n) is 3.96. The fourth-order valence-corrected chi connectivity index (χ4v) is 2.47. The average Bonchev–Trinajstić information content (AvgIpc) is 3.22. The molecular weight excluding hydrogens is 224 g/mol. The van der Waals surface area contributed by atoms with E-state index in [4.69, 9.17) is 5.73 Å². The summed E-state index contributed by atoms with van der Waals surface area (Å²) < 4.78 is 0. The van der Waals surface area contributed by atoms with Crippen molar-refractivity contribution < 1.29 is 5.11 Å². The van der Waals surface area contributed by atoms with Crippen molar-refractivity contribution in [3.8, 4) is 0 Å². The van der Waals surface area contributed by atoms with E-state index in [0.29, 0.717) is 5.92 Å². The predicted molar refractivity (Wildman–Crippen MR) is 74.3 cm³/mol. The molecule has 3 nitrogen and oxygen atoms in total. The number of benzene rings is 1. The first-order chi connectivity index (χ1) is 8.72. The lowest BCUT2D eigenvalue weighted by Gasteiger charge is -2.31. The summed E-state index contributed by atoms with van der Waals surface area (Å²) in [4.78, 5) is 2.20. The van der Waals surface area contributed by atoms with Crippen LogP contribution >= 0.6 is 0 Å². The first kappa shape index (κ1) is 13.5. The van der Waals surface area contributed by atoms with Gasteiger partial charge in [0.2, 0.25) is 0 Å². The summed E-state index contributed by atoms with van der Waals surface area (Å²) in [5.74, 6) is 0.626. The number of likely N-dealkylation sites (N-methyl/N-ethyl adjacent to an activating group) is 1. The number of nitrogens with zero attached hydrogens (tertiary/aromatic N) is 1. The van der Waals surface area contributed by atoms with E-state index in [-0.39, 0.29) is 18.7 Å².